The van der Waals surface area contributed by atoms with Crippen molar-refractivity contribution in [3.05, 3.63) is 59.2 Å². The normalized spacial score (nSPS) is 15.0. The minimum atomic E-state index is -3.49. The van der Waals surface area contributed by atoms with Gasteiger partial charge in [0.2, 0.25) is 10.0 Å². The van der Waals surface area contributed by atoms with Crippen molar-refractivity contribution >= 4 is 15.9 Å². The molecule has 7 nitrogen and oxygen atoms in total. The predicted molar refractivity (Wildman–Crippen MR) is 114 cm³/mol. The molecule has 0 spiro atoms. The maximum absolute atomic E-state index is 12.6. The first-order chi connectivity index (χ1) is 14.3. The second kappa shape index (κ2) is 10.1. The molecule has 8 heteroatoms. The minimum absolute atomic E-state index is 0.0420. The van der Waals surface area contributed by atoms with Crippen LogP contribution in [0.15, 0.2) is 47.4 Å². The summed E-state index contributed by atoms with van der Waals surface area (Å²) in [7, 11) is -3.49. The maximum atomic E-state index is 12.6. The first-order valence-corrected chi connectivity index (χ1v) is 11.4. The molecule has 1 saturated heterocycles. The summed E-state index contributed by atoms with van der Waals surface area (Å²) in [6, 6.07) is 12.6. The molecule has 0 unspecified atom stereocenters. The summed E-state index contributed by atoms with van der Waals surface area (Å²) in [4.78, 5) is 12.3. The van der Waals surface area contributed by atoms with Crippen molar-refractivity contribution < 1.29 is 22.7 Å². The van der Waals surface area contributed by atoms with Gasteiger partial charge in [0.15, 0.2) is 6.61 Å². The van der Waals surface area contributed by atoms with Crippen LogP contribution < -0.4 is 10.1 Å². The molecule has 3 rings (SSSR count). The van der Waals surface area contributed by atoms with Gasteiger partial charge in [0, 0.05) is 19.6 Å². The van der Waals surface area contributed by atoms with Crippen LogP contribution >= 0.6 is 0 Å². The highest BCUT2D eigenvalue weighted by atomic mass is 32.2. The number of sulfonamides is 1. The molecule has 30 heavy (non-hydrogen) atoms. The Bertz CT molecular complexity index is 947. The van der Waals surface area contributed by atoms with Crippen LogP contribution in [0.5, 0.6) is 5.75 Å². The van der Waals surface area contributed by atoms with Crippen LogP contribution in [-0.4, -0.2) is 58.1 Å². The zero-order chi connectivity index (χ0) is 21.6. The monoisotopic (exact) mass is 432 g/mol. The smallest absolute Gasteiger partial charge is 0.257 e. The van der Waals surface area contributed by atoms with Gasteiger partial charge in [-0.05, 0) is 61.2 Å². The molecule has 0 aliphatic carbocycles. The standard InChI is InChI=1S/C22H28N2O5S/c1-17-13-18(2)15-20(14-17)29-16-22(25)23-8-7-19-3-5-21(6-4-19)30(26,27)24-9-11-28-12-10-24/h3-6,13-15H,7-12,16H2,1-2H3,(H,23,25). The zero-order valence-electron chi connectivity index (χ0n) is 17.4. The Labute approximate surface area is 178 Å². The van der Waals surface area contributed by atoms with Crippen LogP contribution in [0.4, 0.5) is 0 Å². The van der Waals surface area contributed by atoms with Gasteiger partial charge in [0.1, 0.15) is 5.75 Å². The Kier molecular flexibility index (Phi) is 7.47. The summed E-state index contributed by atoms with van der Waals surface area (Å²) in [5.74, 6) is 0.486. The molecule has 162 valence electrons. The van der Waals surface area contributed by atoms with Crippen molar-refractivity contribution in [1.82, 2.24) is 9.62 Å². The SMILES string of the molecule is Cc1cc(C)cc(OCC(=O)NCCc2ccc(S(=O)(=O)N3CCOCC3)cc2)c1. The predicted octanol–water partition coefficient (Wildman–Crippen LogP) is 2.06. The number of nitrogens with one attached hydrogen (secondary N) is 1. The minimum Gasteiger partial charge on any atom is -0.484 e. The van der Waals surface area contributed by atoms with Crippen molar-refractivity contribution in [2.45, 2.75) is 25.2 Å². The molecule has 1 fully saturated rings. The summed E-state index contributed by atoms with van der Waals surface area (Å²) in [5.41, 5.74) is 3.13. The molecule has 0 radical (unpaired) electrons. The summed E-state index contributed by atoms with van der Waals surface area (Å²) >= 11 is 0. The number of carbonyl (C=O) groups is 1. The Balaban J connectivity index is 1.45. The van der Waals surface area contributed by atoms with Gasteiger partial charge in [0.25, 0.3) is 5.91 Å². The second-order valence-corrected chi connectivity index (χ2v) is 9.31. The molecule has 0 aromatic heterocycles. The van der Waals surface area contributed by atoms with Gasteiger partial charge in [-0.25, -0.2) is 8.42 Å². The molecule has 0 saturated carbocycles. The van der Waals surface area contributed by atoms with Crippen molar-refractivity contribution in [1.29, 1.82) is 0 Å². The van der Waals surface area contributed by atoms with Crippen LogP contribution in [0, 0.1) is 13.8 Å². The van der Waals surface area contributed by atoms with E-state index in [9.17, 15) is 13.2 Å². The van der Waals surface area contributed by atoms with E-state index in [2.05, 4.69) is 5.32 Å². The first kappa shape index (κ1) is 22.3. The van der Waals surface area contributed by atoms with Crippen LogP contribution in [0.2, 0.25) is 0 Å². The molecule has 2 aromatic rings. The van der Waals surface area contributed by atoms with E-state index in [1.165, 1.54) is 4.31 Å². The highest BCUT2D eigenvalue weighted by molar-refractivity contribution is 7.89. The summed E-state index contributed by atoms with van der Waals surface area (Å²) < 4.78 is 37.5. The Morgan fingerprint density at radius 2 is 1.70 bits per heavy atom. The van der Waals surface area contributed by atoms with Crippen molar-refractivity contribution in [2.24, 2.45) is 0 Å². The fourth-order valence-electron chi connectivity index (χ4n) is 3.33. The first-order valence-electron chi connectivity index (χ1n) is 9.99. The largest absolute Gasteiger partial charge is 0.484 e. The maximum Gasteiger partial charge on any atom is 0.257 e. The number of hydrogen-bond acceptors (Lipinski definition) is 5. The van der Waals surface area contributed by atoms with Gasteiger partial charge in [0.05, 0.1) is 18.1 Å². The number of aryl methyl sites for hydroxylation is 2. The third-order valence-electron chi connectivity index (χ3n) is 4.83. The van der Waals surface area contributed by atoms with Gasteiger partial charge < -0.3 is 14.8 Å². The lowest BCUT2D eigenvalue weighted by molar-refractivity contribution is -0.123. The molecule has 1 N–H and O–H groups in total. The number of hydrogen-bond donors (Lipinski definition) is 1. The van der Waals surface area contributed by atoms with E-state index < -0.39 is 10.0 Å². The molecule has 1 aliphatic heterocycles. The zero-order valence-corrected chi connectivity index (χ0v) is 18.2. The highest BCUT2D eigenvalue weighted by Crippen LogP contribution is 2.18. The van der Waals surface area contributed by atoms with Gasteiger partial charge >= 0.3 is 0 Å². The van der Waals surface area contributed by atoms with Crippen LogP contribution in [0.25, 0.3) is 0 Å². The van der Waals surface area contributed by atoms with E-state index in [-0.39, 0.29) is 17.4 Å². The van der Waals surface area contributed by atoms with E-state index in [0.29, 0.717) is 45.0 Å². The highest BCUT2D eigenvalue weighted by Gasteiger charge is 2.26. The number of carbonyl (C=O) groups excluding carboxylic acids is 1. The van der Waals surface area contributed by atoms with Crippen molar-refractivity contribution in [3.63, 3.8) is 0 Å². The van der Waals surface area contributed by atoms with Gasteiger partial charge in [-0.1, -0.05) is 18.2 Å². The van der Waals surface area contributed by atoms with Crippen molar-refractivity contribution in [2.75, 3.05) is 39.5 Å². The van der Waals surface area contributed by atoms with E-state index in [0.717, 1.165) is 16.7 Å². The van der Waals surface area contributed by atoms with E-state index in [1.807, 2.05) is 32.0 Å². The Morgan fingerprint density at radius 3 is 2.33 bits per heavy atom. The molecule has 2 aromatic carbocycles. The Morgan fingerprint density at radius 1 is 1.07 bits per heavy atom. The average Bonchev–Trinajstić information content (AvgIpc) is 2.73. The van der Waals surface area contributed by atoms with E-state index in [4.69, 9.17) is 9.47 Å². The number of nitrogens with zero attached hydrogens (tertiary/aromatic N) is 1. The number of amides is 1. The van der Waals surface area contributed by atoms with Crippen LogP contribution in [-0.2, 0) is 26.0 Å². The third kappa shape index (κ3) is 6.04. The third-order valence-corrected chi connectivity index (χ3v) is 6.75. The lowest BCUT2D eigenvalue weighted by atomic mass is 10.1. The number of rotatable bonds is 8. The van der Waals surface area contributed by atoms with Gasteiger partial charge in [-0.2, -0.15) is 4.31 Å². The summed E-state index contributed by atoms with van der Waals surface area (Å²) in [5, 5.41) is 2.82. The molecule has 0 bridgehead atoms. The Hall–Kier alpha value is -2.42. The molecule has 1 amide bonds. The molecular formula is C22H28N2O5S. The van der Waals surface area contributed by atoms with Crippen molar-refractivity contribution in [3.8, 4) is 5.75 Å². The molecule has 1 heterocycles. The fraction of sp³-hybridized carbons (Fsp3) is 0.409. The van der Waals surface area contributed by atoms with Gasteiger partial charge in [-0.3, -0.25) is 4.79 Å². The lowest BCUT2D eigenvalue weighted by Crippen LogP contribution is -2.40. The molecular weight excluding hydrogens is 404 g/mol. The quantitative estimate of drug-likeness (QED) is 0.690. The fourth-order valence-corrected chi connectivity index (χ4v) is 4.73. The number of morpholine rings is 1. The summed E-state index contributed by atoms with van der Waals surface area (Å²) in [6.45, 7) is 5.97. The number of benzene rings is 2. The summed E-state index contributed by atoms with van der Waals surface area (Å²) in [6.07, 6.45) is 0.604. The number of ether oxygens (including phenoxy) is 2. The lowest BCUT2D eigenvalue weighted by Gasteiger charge is -2.26. The average molecular weight is 433 g/mol. The van der Waals surface area contributed by atoms with Gasteiger partial charge in [-0.15, -0.1) is 0 Å². The second-order valence-electron chi connectivity index (χ2n) is 7.37. The van der Waals surface area contributed by atoms with Crippen LogP contribution in [0.1, 0.15) is 16.7 Å². The van der Waals surface area contributed by atoms with E-state index in [1.54, 1.807) is 24.3 Å². The molecule has 1 aliphatic rings. The molecule has 0 atom stereocenters. The topological polar surface area (TPSA) is 84.9 Å². The van der Waals surface area contributed by atoms with Crippen LogP contribution in [0.3, 0.4) is 0 Å². The van der Waals surface area contributed by atoms with E-state index >= 15 is 0 Å².